The van der Waals surface area contributed by atoms with E-state index in [1.807, 2.05) is 35.7 Å². The number of hydrogen-bond acceptors (Lipinski definition) is 4. The Morgan fingerprint density at radius 3 is 2.71 bits per heavy atom. The summed E-state index contributed by atoms with van der Waals surface area (Å²) in [6, 6.07) is 15.6. The highest BCUT2D eigenvalue weighted by atomic mass is 32.1. The lowest BCUT2D eigenvalue weighted by molar-refractivity contribution is -0.121. The van der Waals surface area contributed by atoms with E-state index in [-0.39, 0.29) is 42.9 Å². The number of anilines is 1. The molecule has 0 bridgehead atoms. The Labute approximate surface area is 165 Å². The van der Waals surface area contributed by atoms with Crippen LogP contribution in [0.1, 0.15) is 12.1 Å². The van der Waals surface area contributed by atoms with Gasteiger partial charge >= 0.3 is 0 Å². The zero-order valence-electron chi connectivity index (χ0n) is 15.0. The molecule has 3 aromatic rings. The van der Waals surface area contributed by atoms with Crippen molar-refractivity contribution in [1.29, 1.82) is 0 Å². The fourth-order valence-corrected chi connectivity index (χ4v) is 4.08. The van der Waals surface area contributed by atoms with Gasteiger partial charge in [0.15, 0.2) is 0 Å². The molecule has 0 aliphatic carbocycles. The van der Waals surface area contributed by atoms with E-state index < -0.39 is 5.82 Å². The predicted octanol–water partition coefficient (Wildman–Crippen LogP) is 3.41. The molecule has 4 rings (SSSR count). The van der Waals surface area contributed by atoms with Gasteiger partial charge in [0.2, 0.25) is 11.8 Å². The molecular formula is C21H18FN3O2S. The summed E-state index contributed by atoms with van der Waals surface area (Å²) in [4.78, 5) is 30.5. The average molecular weight is 395 g/mol. The molecule has 5 nitrogen and oxygen atoms in total. The quantitative estimate of drug-likeness (QED) is 0.720. The zero-order valence-corrected chi connectivity index (χ0v) is 15.8. The summed E-state index contributed by atoms with van der Waals surface area (Å²) >= 11 is 1.49. The van der Waals surface area contributed by atoms with Crippen LogP contribution in [0.4, 0.5) is 10.1 Å². The van der Waals surface area contributed by atoms with Crippen molar-refractivity contribution in [2.24, 2.45) is 0 Å². The average Bonchev–Trinajstić information content (AvgIpc) is 3.29. The van der Waals surface area contributed by atoms with E-state index in [1.54, 1.807) is 18.2 Å². The zero-order chi connectivity index (χ0) is 19.5. The van der Waals surface area contributed by atoms with Gasteiger partial charge in [0.1, 0.15) is 10.8 Å². The van der Waals surface area contributed by atoms with Crippen LogP contribution in [0, 0.1) is 5.82 Å². The predicted molar refractivity (Wildman–Crippen MR) is 107 cm³/mol. The number of aromatic nitrogens is 1. The van der Waals surface area contributed by atoms with Crippen molar-refractivity contribution >= 4 is 28.8 Å². The van der Waals surface area contributed by atoms with Gasteiger partial charge < -0.3 is 10.2 Å². The molecule has 1 aliphatic rings. The Morgan fingerprint density at radius 1 is 1.18 bits per heavy atom. The van der Waals surface area contributed by atoms with Crippen LogP contribution in [0.2, 0.25) is 0 Å². The molecule has 1 aliphatic heterocycles. The number of benzene rings is 2. The van der Waals surface area contributed by atoms with E-state index in [0.29, 0.717) is 5.69 Å². The Morgan fingerprint density at radius 2 is 1.93 bits per heavy atom. The fraction of sp³-hybridized carbons (Fsp3) is 0.190. The monoisotopic (exact) mass is 395 g/mol. The number of hydrogen-bond donors (Lipinski definition) is 1. The molecule has 0 radical (unpaired) electrons. The van der Waals surface area contributed by atoms with Gasteiger partial charge in [0.25, 0.3) is 0 Å². The highest BCUT2D eigenvalue weighted by Gasteiger charge is 2.32. The van der Waals surface area contributed by atoms with Crippen LogP contribution in [0.5, 0.6) is 0 Å². The summed E-state index contributed by atoms with van der Waals surface area (Å²) in [5.41, 5.74) is 1.95. The summed E-state index contributed by atoms with van der Waals surface area (Å²) in [6.07, 6.45) is 0.306. The highest BCUT2D eigenvalue weighted by molar-refractivity contribution is 7.13. The van der Waals surface area contributed by atoms with E-state index in [9.17, 15) is 14.0 Å². The van der Waals surface area contributed by atoms with E-state index in [4.69, 9.17) is 0 Å². The maximum atomic E-state index is 13.9. The minimum Gasteiger partial charge on any atom is -0.351 e. The van der Waals surface area contributed by atoms with E-state index in [0.717, 1.165) is 10.6 Å². The maximum absolute atomic E-state index is 13.9. The van der Waals surface area contributed by atoms with Crippen molar-refractivity contribution in [3.8, 4) is 10.6 Å². The van der Waals surface area contributed by atoms with Crippen molar-refractivity contribution < 1.29 is 14.0 Å². The second-order valence-corrected chi connectivity index (χ2v) is 7.47. The standard InChI is InChI=1S/C21H18FN3O2S/c22-17-8-4-5-9-18(17)25-12-15(11-20(25)27)23-19(26)10-16-13-28-21(24-16)14-6-2-1-3-7-14/h1-9,13,15H,10-12H2,(H,23,26)/t15-/m1/s1. The molecule has 0 unspecified atom stereocenters. The third-order valence-corrected chi connectivity index (χ3v) is 5.49. The summed E-state index contributed by atoms with van der Waals surface area (Å²) in [5, 5.41) is 5.60. The van der Waals surface area contributed by atoms with E-state index >= 15 is 0 Å². The van der Waals surface area contributed by atoms with E-state index in [2.05, 4.69) is 10.3 Å². The van der Waals surface area contributed by atoms with Gasteiger partial charge in [-0.25, -0.2) is 9.37 Å². The van der Waals surface area contributed by atoms with Gasteiger partial charge in [-0.1, -0.05) is 42.5 Å². The minimum absolute atomic E-state index is 0.147. The van der Waals surface area contributed by atoms with Crippen molar-refractivity contribution in [3.63, 3.8) is 0 Å². The second kappa shape index (κ2) is 7.90. The Hall–Kier alpha value is -3.06. The maximum Gasteiger partial charge on any atom is 0.229 e. The lowest BCUT2D eigenvalue weighted by atomic mass is 10.2. The number of nitrogens with one attached hydrogen (secondary N) is 1. The van der Waals surface area contributed by atoms with Crippen LogP contribution in [0.3, 0.4) is 0 Å². The van der Waals surface area contributed by atoms with Crippen LogP contribution in [-0.4, -0.2) is 29.4 Å². The molecule has 1 aromatic heterocycles. The fourth-order valence-electron chi connectivity index (χ4n) is 3.25. The molecule has 2 heterocycles. The molecule has 1 N–H and O–H groups in total. The van der Waals surface area contributed by atoms with Gasteiger partial charge in [-0.15, -0.1) is 11.3 Å². The first-order chi connectivity index (χ1) is 13.6. The molecule has 142 valence electrons. The van der Waals surface area contributed by atoms with E-state index in [1.165, 1.54) is 22.3 Å². The summed E-state index contributed by atoms with van der Waals surface area (Å²) in [6.45, 7) is 0.262. The topological polar surface area (TPSA) is 62.3 Å². The van der Waals surface area contributed by atoms with Gasteiger partial charge in [-0.3, -0.25) is 9.59 Å². The molecule has 1 fully saturated rings. The number of nitrogens with zero attached hydrogens (tertiary/aromatic N) is 2. The molecule has 2 amide bonds. The van der Waals surface area contributed by atoms with Gasteiger partial charge in [-0.2, -0.15) is 0 Å². The number of halogens is 1. The molecule has 28 heavy (non-hydrogen) atoms. The van der Waals surface area contributed by atoms with Crippen molar-refractivity contribution in [3.05, 3.63) is 71.5 Å². The number of para-hydroxylation sites is 1. The number of rotatable bonds is 5. The number of carbonyl (C=O) groups is 2. The number of amides is 2. The molecular weight excluding hydrogens is 377 g/mol. The first kappa shape index (κ1) is 18.3. The van der Waals surface area contributed by atoms with Crippen LogP contribution in [0.25, 0.3) is 10.6 Å². The molecule has 0 spiro atoms. The number of thiazole rings is 1. The van der Waals surface area contributed by atoms with Gasteiger partial charge in [0, 0.05) is 23.9 Å². The van der Waals surface area contributed by atoms with Crippen LogP contribution >= 0.6 is 11.3 Å². The SMILES string of the molecule is O=C(Cc1csc(-c2ccccc2)n1)N[C@@H]1CC(=O)N(c2ccccc2F)C1. The number of carbonyl (C=O) groups excluding carboxylic acids is 2. The molecule has 0 saturated carbocycles. The Bertz CT molecular complexity index is 1010. The van der Waals surface area contributed by atoms with Crippen LogP contribution in [0.15, 0.2) is 60.0 Å². The van der Waals surface area contributed by atoms with Crippen molar-refractivity contribution in [1.82, 2.24) is 10.3 Å². The second-order valence-electron chi connectivity index (χ2n) is 6.61. The first-order valence-electron chi connectivity index (χ1n) is 8.94. The third-order valence-electron chi connectivity index (χ3n) is 4.55. The first-order valence-corrected chi connectivity index (χ1v) is 9.82. The minimum atomic E-state index is -0.446. The molecule has 1 atom stereocenters. The smallest absolute Gasteiger partial charge is 0.229 e. The summed E-state index contributed by atoms with van der Waals surface area (Å²) in [7, 11) is 0. The van der Waals surface area contributed by atoms with Crippen LogP contribution in [-0.2, 0) is 16.0 Å². The van der Waals surface area contributed by atoms with Gasteiger partial charge in [0.05, 0.1) is 23.8 Å². The lowest BCUT2D eigenvalue weighted by Gasteiger charge is -2.17. The Balaban J connectivity index is 1.37. The Kier molecular flexibility index (Phi) is 5.16. The third kappa shape index (κ3) is 3.94. The van der Waals surface area contributed by atoms with Crippen molar-refractivity contribution in [2.45, 2.75) is 18.9 Å². The van der Waals surface area contributed by atoms with Crippen molar-refractivity contribution in [2.75, 3.05) is 11.4 Å². The normalized spacial score (nSPS) is 16.4. The highest BCUT2D eigenvalue weighted by Crippen LogP contribution is 2.25. The molecule has 2 aromatic carbocycles. The summed E-state index contributed by atoms with van der Waals surface area (Å²) in [5.74, 6) is -0.841. The molecule has 7 heteroatoms. The molecule has 1 saturated heterocycles. The van der Waals surface area contributed by atoms with Crippen LogP contribution < -0.4 is 10.2 Å². The lowest BCUT2D eigenvalue weighted by Crippen LogP contribution is -2.38. The summed E-state index contributed by atoms with van der Waals surface area (Å²) < 4.78 is 13.9. The van der Waals surface area contributed by atoms with Gasteiger partial charge in [-0.05, 0) is 12.1 Å². The largest absolute Gasteiger partial charge is 0.351 e.